The lowest BCUT2D eigenvalue weighted by Crippen LogP contribution is -2.42. The normalized spacial score (nSPS) is 18.8. The first-order valence-electron chi connectivity index (χ1n) is 6.71. The summed E-state index contributed by atoms with van der Waals surface area (Å²) < 4.78 is 26.5. The maximum absolute atomic E-state index is 13.3. The zero-order chi connectivity index (χ0) is 17.0. The molecule has 1 N–H and O–H groups in total. The number of hydrogen-bond donors (Lipinski definition) is 1. The maximum Gasteiger partial charge on any atom is 0.268 e. The third kappa shape index (κ3) is 3.80. The zero-order valence-electron chi connectivity index (χ0n) is 11.9. The van der Waals surface area contributed by atoms with E-state index in [0.29, 0.717) is 5.56 Å². The highest BCUT2D eigenvalue weighted by molar-refractivity contribution is 5.96. The molecule has 0 aromatic heterocycles. The first-order valence-corrected chi connectivity index (χ1v) is 6.71. The third-order valence-corrected chi connectivity index (χ3v) is 3.42. The van der Waals surface area contributed by atoms with Gasteiger partial charge in [-0.25, -0.2) is 8.78 Å². The molecule has 0 bridgehead atoms. The second-order valence-electron chi connectivity index (χ2n) is 5.10. The van der Waals surface area contributed by atoms with Crippen molar-refractivity contribution in [2.45, 2.75) is 18.4 Å². The number of alkyl halides is 2. The summed E-state index contributed by atoms with van der Waals surface area (Å²) in [6.07, 6.45) is -0.696. The smallest absolute Gasteiger partial charge is 0.268 e. The molecule has 1 atom stereocenters. The van der Waals surface area contributed by atoms with Crippen LogP contribution in [0.2, 0.25) is 0 Å². The topological polar surface area (TPSA) is 97.0 Å². The number of rotatable bonds is 3. The van der Waals surface area contributed by atoms with Gasteiger partial charge in [0.2, 0.25) is 5.91 Å². The third-order valence-electron chi connectivity index (χ3n) is 3.42. The van der Waals surface area contributed by atoms with Gasteiger partial charge in [-0.1, -0.05) is 0 Å². The Labute approximate surface area is 130 Å². The fourth-order valence-electron chi connectivity index (χ4n) is 2.25. The van der Waals surface area contributed by atoms with E-state index in [-0.39, 0.29) is 5.56 Å². The molecular weight excluding hydrogens is 306 g/mol. The highest BCUT2D eigenvalue weighted by Crippen LogP contribution is 2.31. The van der Waals surface area contributed by atoms with Crippen molar-refractivity contribution < 1.29 is 18.4 Å². The minimum Gasteiger partial charge on any atom is -0.343 e. The van der Waals surface area contributed by atoms with Gasteiger partial charge in [0.05, 0.1) is 30.8 Å². The fourth-order valence-corrected chi connectivity index (χ4v) is 2.25. The molecule has 1 aliphatic rings. The molecule has 1 heterocycles. The summed E-state index contributed by atoms with van der Waals surface area (Å²) in [6.45, 7) is -1.30. The summed E-state index contributed by atoms with van der Waals surface area (Å²) in [5.74, 6) is -4.40. The Hall–Kier alpha value is -3.00. The maximum atomic E-state index is 13.3. The largest absolute Gasteiger partial charge is 0.343 e. The van der Waals surface area contributed by atoms with Crippen molar-refractivity contribution in [2.24, 2.45) is 0 Å². The van der Waals surface area contributed by atoms with E-state index in [2.05, 4.69) is 5.32 Å². The second-order valence-corrected chi connectivity index (χ2v) is 5.10. The number of amides is 2. The zero-order valence-corrected chi connectivity index (χ0v) is 11.9. The van der Waals surface area contributed by atoms with E-state index in [9.17, 15) is 18.4 Å². The van der Waals surface area contributed by atoms with Crippen LogP contribution in [0.5, 0.6) is 0 Å². The second kappa shape index (κ2) is 6.41. The van der Waals surface area contributed by atoms with Crippen molar-refractivity contribution in [3.63, 3.8) is 0 Å². The lowest BCUT2D eigenvalue weighted by molar-refractivity contribution is -0.131. The number of nitrogens with zero attached hydrogens (tertiary/aromatic N) is 3. The van der Waals surface area contributed by atoms with E-state index in [1.807, 2.05) is 6.07 Å². The summed E-state index contributed by atoms with van der Waals surface area (Å²) in [6, 6.07) is 8.11. The molecule has 0 saturated carbocycles. The van der Waals surface area contributed by atoms with Crippen LogP contribution >= 0.6 is 0 Å². The number of nitrogens with one attached hydrogen (secondary N) is 1. The van der Waals surface area contributed by atoms with Crippen LogP contribution in [0.3, 0.4) is 0 Å². The molecule has 0 spiro atoms. The number of hydrogen-bond acceptors (Lipinski definition) is 4. The first-order chi connectivity index (χ1) is 10.9. The molecule has 1 aromatic rings. The van der Waals surface area contributed by atoms with Gasteiger partial charge in [0, 0.05) is 12.0 Å². The van der Waals surface area contributed by atoms with Crippen molar-refractivity contribution >= 4 is 11.8 Å². The Morgan fingerprint density at radius 1 is 1.30 bits per heavy atom. The van der Waals surface area contributed by atoms with Crippen molar-refractivity contribution in [2.75, 3.05) is 13.1 Å². The molecule has 118 valence electrons. The minimum absolute atomic E-state index is 0.236. The average molecular weight is 318 g/mol. The van der Waals surface area contributed by atoms with Gasteiger partial charge in [-0.3, -0.25) is 9.59 Å². The standard InChI is InChI=1S/C15H12F2N4O2/c16-15(17)5-12(7-19)21(9-15)13(22)8-20-14(23)11-3-1-10(6-18)2-4-11/h1-4,12H,5,8-9H2,(H,20,23). The van der Waals surface area contributed by atoms with E-state index >= 15 is 0 Å². The van der Waals surface area contributed by atoms with Gasteiger partial charge < -0.3 is 10.2 Å². The van der Waals surface area contributed by atoms with Gasteiger partial charge in [-0.05, 0) is 24.3 Å². The molecule has 1 saturated heterocycles. The fraction of sp³-hybridized carbons (Fsp3) is 0.333. The van der Waals surface area contributed by atoms with E-state index in [1.54, 1.807) is 6.07 Å². The number of likely N-dealkylation sites (tertiary alicyclic amines) is 1. The average Bonchev–Trinajstić information content (AvgIpc) is 2.87. The Morgan fingerprint density at radius 3 is 2.52 bits per heavy atom. The summed E-state index contributed by atoms with van der Waals surface area (Å²) >= 11 is 0. The van der Waals surface area contributed by atoms with Crippen molar-refractivity contribution in [3.05, 3.63) is 35.4 Å². The number of benzene rings is 1. The van der Waals surface area contributed by atoms with Crippen LogP contribution in [-0.4, -0.2) is 41.8 Å². The molecule has 23 heavy (non-hydrogen) atoms. The summed E-state index contributed by atoms with van der Waals surface area (Å²) in [5.41, 5.74) is 0.620. The molecule has 1 fully saturated rings. The molecule has 8 heteroatoms. The number of halogens is 2. The Balaban J connectivity index is 1.95. The number of nitriles is 2. The molecule has 2 amide bonds. The quantitative estimate of drug-likeness (QED) is 0.900. The lowest BCUT2D eigenvalue weighted by atomic mass is 10.1. The van der Waals surface area contributed by atoms with Crippen LogP contribution in [0.4, 0.5) is 8.78 Å². The van der Waals surface area contributed by atoms with Crippen LogP contribution in [0, 0.1) is 22.7 Å². The van der Waals surface area contributed by atoms with E-state index in [1.165, 1.54) is 24.3 Å². The van der Waals surface area contributed by atoms with Gasteiger partial charge in [0.25, 0.3) is 11.8 Å². The van der Waals surface area contributed by atoms with Crippen molar-refractivity contribution in [1.29, 1.82) is 10.5 Å². The van der Waals surface area contributed by atoms with Crippen molar-refractivity contribution in [1.82, 2.24) is 10.2 Å². The molecule has 0 radical (unpaired) electrons. The predicted octanol–water partition coefficient (Wildman–Crippen LogP) is 1.05. The van der Waals surface area contributed by atoms with Crippen LogP contribution in [0.15, 0.2) is 24.3 Å². The molecule has 1 aromatic carbocycles. The summed E-state index contributed by atoms with van der Waals surface area (Å²) in [7, 11) is 0. The number of carbonyl (C=O) groups is 2. The van der Waals surface area contributed by atoms with Gasteiger partial charge in [0.1, 0.15) is 6.04 Å². The van der Waals surface area contributed by atoms with E-state index in [4.69, 9.17) is 10.5 Å². The highest BCUT2D eigenvalue weighted by atomic mass is 19.3. The first kappa shape index (κ1) is 16.4. The Bertz CT molecular complexity index is 704. The van der Waals surface area contributed by atoms with Crippen molar-refractivity contribution in [3.8, 4) is 12.1 Å². The van der Waals surface area contributed by atoms with Crippen LogP contribution < -0.4 is 5.32 Å². The molecule has 0 aliphatic carbocycles. The van der Waals surface area contributed by atoms with Gasteiger partial charge in [-0.2, -0.15) is 10.5 Å². The van der Waals surface area contributed by atoms with Gasteiger partial charge in [0.15, 0.2) is 0 Å². The van der Waals surface area contributed by atoms with Crippen LogP contribution in [0.25, 0.3) is 0 Å². The summed E-state index contributed by atoms with van der Waals surface area (Å²) in [4.78, 5) is 24.6. The van der Waals surface area contributed by atoms with Gasteiger partial charge in [-0.15, -0.1) is 0 Å². The minimum atomic E-state index is -3.09. The van der Waals surface area contributed by atoms with Crippen LogP contribution in [-0.2, 0) is 4.79 Å². The van der Waals surface area contributed by atoms with Crippen LogP contribution in [0.1, 0.15) is 22.3 Å². The predicted molar refractivity (Wildman–Crippen MR) is 74.2 cm³/mol. The van der Waals surface area contributed by atoms with E-state index < -0.39 is 43.3 Å². The molecule has 1 aliphatic heterocycles. The lowest BCUT2D eigenvalue weighted by Gasteiger charge is -2.19. The molecule has 1 unspecified atom stereocenters. The highest BCUT2D eigenvalue weighted by Gasteiger charge is 2.47. The molecular formula is C15H12F2N4O2. The summed E-state index contributed by atoms with van der Waals surface area (Å²) in [5, 5.41) is 19.8. The van der Waals surface area contributed by atoms with E-state index in [0.717, 1.165) is 4.90 Å². The molecule has 2 rings (SSSR count). The number of carbonyl (C=O) groups excluding carboxylic acids is 2. The SMILES string of the molecule is N#Cc1ccc(C(=O)NCC(=O)N2CC(F)(F)CC2C#N)cc1. The molecule has 6 nitrogen and oxygen atoms in total. The van der Waals surface area contributed by atoms with Gasteiger partial charge >= 0.3 is 0 Å². The Morgan fingerprint density at radius 2 is 1.96 bits per heavy atom. The Kier molecular flexibility index (Phi) is 4.56. The monoisotopic (exact) mass is 318 g/mol.